The summed E-state index contributed by atoms with van der Waals surface area (Å²) in [6, 6.07) is 17.0. The van der Waals surface area contributed by atoms with E-state index in [9.17, 15) is 31.1 Å². The van der Waals surface area contributed by atoms with E-state index in [2.05, 4.69) is 0 Å². The number of alkyl halides is 6. The predicted octanol–water partition coefficient (Wildman–Crippen LogP) is 6.55. The van der Waals surface area contributed by atoms with Gasteiger partial charge in [-0.2, -0.15) is 26.3 Å². The number of hydrogen-bond donors (Lipinski definition) is 1. The van der Waals surface area contributed by atoms with Crippen molar-refractivity contribution in [2.24, 2.45) is 5.73 Å². The monoisotopic (exact) mass is 495 g/mol. The fraction of sp³-hybridized carbons (Fsp3) is 0.240. The summed E-state index contributed by atoms with van der Waals surface area (Å²) >= 11 is 0. The lowest BCUT2D eigenvalue weighted by Gasteiger charge is -2.30. The summed E-state index contributed by atoms with van der Waals surface area (Å²) in [4.78, 5) is 16.2. The van der Waals surface area contributed by atoms with Crippen LogP contribution < -0.4 is 15.5 Å². The molecule has 1 atom stereocenters. The number of rotatable bonds is 6. The van der Waals surface area contributed by atoms with Gasteiger partial charge in [-0.15, -0.1) is 0 Å². The number of amides is 1. The van der Waals surface area contributed by atoms with Gasteiger partial charge < -0.3 is 15.5 Å². The average molecular weight is 495 g/mol. The molecule has 1 amide bonds. The Hall–Kier alpha value is -3.53. The molecule has 0 saturated heterocycles. The van der Waals surface area contributed by atoms with Gasteiger partial charge in [0.15, 0.2) is 0 Å². The van der Waals surface area contributed by atoms with Crippen LogP contribution in [0.25, 0.3) is 0 Å². The summed E-state index contributed by atoms with van der Waals surface area (Å²) in [6.45, 7) is 1.33. The van der Waals surface area contributed by atoms with E-state index in [4.69, 9.17) is 5.73 Å². The van der Waals surface area contributed by atoms with Crippen LogP contribution in [0, 0.1) is 0 Å². The van der Waals surface area contributed by atoms with Crippen molar-refractivity contribution in [3.05, 3.63) is 89.5 Å². The number of carbonyl (C=O) groups excluding carboxylic acids is 1. The number of nitrogens with two attached hydrogens (primary N) is 1. The molecule has 0 heterocycles. The van der Waals surface area contributed by atoms with Crippen molar-refractivity contribution >= 4 is 23.0 Å². The standard InChI is InChI=1S/C25H23F6N3O/c1-16(17-12-18(24(26,27)28)14-19(13-17)25(29,30)31)23(35)33(2)21-10-6-7-11-22(21)34(15-32)20-8-4-3-5-9-20/h3-14,16H,15,32H2,1-2H3. The van der Waals surface area contributed by atoms with E-state index < -0.39 is 35.3 Å². The van der Waals surface area contributed by atoms with Gasteiger partial charge in [-0.1, -0.05) is 30.3 Å². The minimum absolute atomic E-state index is 0.0404. The lowest BCUT2D eigenvalue weighted by atomic mass is 9.94. The minimum Gasteiger partial charge on any atom is -0.327 e. The molecular formula is C25H23F6N3O. The van der Waals surface area contributed by atoms with Gasteiger partial charge in [0.1, 0.15) is 0 Å². The van der Waals surface area contributed by atoms with E-state index in [1.165, 1.54) is 18.9 Å². The van der Waals surface area contributed by atoms with Gasteiger partial charge in [-0.3, -0.25) is 4.79 Å². The van der Waals surface area contributed by atoms with Crippen molar-refractivity contribution in [2.45, 2.75) is 25.2 Å². The summed E-state index contributed by atoms with van der Waals surface area (Å²) in [5.74, 6) is -1.98. The van der Waals surface area contributed by atoms with E-state index >= 15 is 0 Å². The molecule has 186 valence electrons. The Balaban J connectivity index is 2.01. The van der Waals surface area contributed by atoms with Gasteiger partial charge in [0.2, 0.25) is 5.91 Å². The van der Waals surface area contributed by atoms with E-state index in [0.29, 0.717) is 23.5 Å². The van der Waals surface area contributed by atoms with Crippen LogP contribution in [0.2, 0.25) is 0 Å². The molecule has 0 bridgehead atoms. The van der Waals surface area contributed by atoms with E-state index in [0.717, 1.165) is 5.69 Å². The van der Waals surface area contributed by atoms with Crippen molar-refractivity contribution in [2.75, 3.05) is 23.5 Å². The molecule has 4 nitrogen and oxygen atoms in total. The van der Waals surface area contributed by atoms with Crippen molar-refractivity contribution in [1.82, 2.24) is 0 Å². The number of halogens is 6. The molecule has 0 fully saturated rings. The second kappa shape index (κ2) is 9.99. The Labute approximate surface area is 198 Å². The molecular weight excluding hydrogens is 472 g/mol. The molecule has 0 saturated carbocycles. The first-order chi connectivity index (χ1) is 16.3. The van der Waals surface area contributed by atoms with Crippen LogP contribution in [0.4, 0.5) is 43.4 Å². The Kier molecular flexibility index (Phi) is 7.44. The lowest BCUT2D eigenvalue weighted by molar-refractivity contribution is -0.143. The molecule has 35 heavy (non-hydrogen) atoms. The molecule has 0 aromatic heterocycles. The molecule has 0 aliphatic carbocycles. The smallest absolute Gasteiger partial charge is 0.327 e. The largest absolute Gasteiger partial charge is 0.416 e. The van der Waals surface area contributed by atoms with Crippen molar-refractivity contribution < 1.29 is 31.1 Å². The summed E-state index contributed by atoms with van der Waals surface area (Å²) < 4.78 is 79.7. The third-order valence-corrected chi connectivity index (χ3v) is 5.60. The van der Waals surface area contributed by atoms with Gasteiger partial charge >= 0.3 is 12.4 Å². The predicted molar refractivity (Wildman–Crippen MR) is 122 cm³/mol. The summed E-state index contributed by atoms with van der Waals surface area (Å²) in [5, 5.41) is 0. The molecule has 0 aliphatic rings. The van der Waals surface area contributed by atoms with Gasteiger partial charge in [0.25, 0.3) is 0 Å². The van der Waals surface area contributed by atoms with Crippen LogP contribution >= 0.6 is 0 Å². The Morgan fingerprint density at radius 2 is 1.31 bits per heavy atom. The van der Waals surface area contributed by atoms with E-state index in [-0.39, 0.29) is 18.3 Å². The third-order valence-electron chi connectivity index (χ3n) is 5.60. The molecule has 0 spiro atoms. The Bertz CT molecular complexity index is 1150. The topological polar surface area (TPSA) is 49.6 Å². The summed E-state index contributed by atoms with van der Waals surface area (Å²) in [5.41, 5.74) is 4.31. The highest BCUT2D eigenvalue weighted by molar-refractivity contribution is 6.00. The zero-order valence-corrected chi connectivity index (χ0v) is 18.9. The van der Waals surface area contributed by atoms with Crippen molar-refractivity contribution in [3.63, 3.8) is 0 Å². The highest BCUT2D eigenvalue weighted by Crippen LogP contribution is 2.39. The highest BCUT2D eigenvalue weighted by atomic mass is 19.4. The van der Waals surface area contributed by atoms with Gasteiger partial charge in [-0.25, -0.2) is 0 Å². The fourth-order valence-corrected chi connectivity index (χ4v) is 3.71. The van der Waals surface area contributed by atoms with Gasteiger partial charge in [-0.05, 0) is 55.0 Å². The minimum atomic E-state index is -5.01. The van der Waals surface area contributed by atoms with E-state index in [1.54, 1.807) is 29.2 Å². The zero-order chi connectivity index (χ0) is 26.0. The van der Waals surface area contributed by atoms with Gasteiger partial charge in [0.05, 0.1) is 35.1 Å². The number of benzene rings is 3. The maximum Gasteiger partial charge on any atom is 0.416 e. The quantitative estimate of drug-likeness (QED) is 0.312. The molecule has 0 radical (unpaired) electrons. The van der Waals surface area contributed by atoms with Crippen LogP contribution in [0.3, 0.4) is 0 Å². The highest BCUT2D eigenvalue weighted by Gasteiger charge is 2.38. The Morgan fingerprint density at radius 3 is 1.80 bits per heavy atom. The number of nitrogens with zero attached hydrogens (tertiary/aromatic N) is 2. The second-order valence-electron chi connectivity index (χ2n) is 7.89. The molecule has 0 aliphatic heterocycles. The van der Waals surface area contributed by atoms with Crippen LogP contribution in [-0.2, 0) is 17.1 Å². The fourth-order valence-electron chi connectivity index (χ4n) is 3.71. The molecule has 3 rings (SSSR count). The summed E-state index contributed by atoms with van der Waals surface area (Å²) in [7, 11) is 1.41. The first-order valence-corrected chi connectivity index (χ1v) is 10.5. The van der Waals surface area contributed by atoms with E-state index in [1.807, 2.05) is 30.3 Å². The summed E-state index contributed by atoms with van der Waals surface area (Å²) in [6.07, 6.45) is -10.0. The number of carbonyl (C=O) groups is 1. The molecule has 3 aromatic carbocycles. The molecule has 10 heteroatoms. The average Bonchev–Trinajstić information content (AvgIpc) is 2.83. The molecule has 3 aromatic rings. The number of para-hydroxylation sites is 3. The first-order valence-electron chi connectivity index (χ1n) is 10.5. The zero-order valence-electron chi connectivity index (χ0n) is 18.9. The van der Waals surface area contributed by atoms with Crippen molar-refractivity contribution in [3.8, 4) is 0 Å². The SMILES string of the molecule is CC(C(=O)N(C)c1ccccc1N(CN)c1ccccc1)c1cc(C(F)(F)F)cc(C(F)(F)F)c1. The second-order valence-corrected chi connectivity index (χ2v) is 7.89. The van der Waals surface area contributed by atoms with Crippen LogP contribution in [-0.4, -0.2) is 19.6 Å². The van der Waals surface area contributed by atoms with Crippen LogP contribution in [0.15, 0.2) is 72.8 Å². The Morgan fingerprint density at radius 1 is 0.829 bits per heavy atom. The van der Waals surface area contributed by atoms with Crippen LogP contribution in [0.1, 0.15) is 29.5 Å². The van der Waals surface area contributed by atoms with Gasteiger partial charge in [0, 0.05) is 12.7 Å². The normalized spacial score (nSPS) is 12.8. The third kappa shape index (κ3) is 5.76. The number of likely N-dealkylation sites (N-methyl/N-ethyl adjacent to an activating group) is 1. The lowest BCUT2D eigenvalue weighted by Crippen LogP contribution is -2.33. The molecule has 1 unspecified atom stereocenters. The molecule has 2 N–H and O–H groups in total. The number of anilines is 3. The van der Waals surface area contributed by atoms with Crippen LogP contribution in [0.5, 0.6) is 0 Å². The van der Waals surface area contributed by atoms with Crippen molar-refractivity contribution in [1.29, 1.82) is 0 Å². The maximum atomic E-state index is 13.3. The number of hydrogen-bond acceptors (Lipinski definition) is 3. The first kappa shape index (κ1) is 26.1. The maximum absolute atomic E-state index is 13.3.